The van der Waals surface area contributed by atoms with E-state index in [0.717, 1.165) is 29.5 Å². The summed E-state index contributed by atoms with van der Waals surface area (Å²) in [6, 6.07) is 3.85. The summed E-state index contributed by atoms with van der Waals surface area (Å²) >= 11 is 0. The second-order valence-corrected chi connectivity index (χ2v) is 10.6. The van der Waals surface area contributed by atoms with Crippen LogP contribution < -0.4 is 0 Å². The Balaban J connectivity index is 3.33. The van der Waals surface area contributed by atoms with E-state index < -0.39 is 11.4 Å². The van der Waals surface area contributed by atoms with Crippen LogP contribution >= 0.6 is 0 Å². The van der Waals surface area contributed by atoms with Gasteiger partial charge in [0.1, 0.15) is 5.75 Å². The number of hydrogen-bond acceptors (Lipinski definition) is 2. The molecule has 0 fully saturated rings. The summed E-state index contributed by atoms with van der Waals surface area (Å²) < 4.78 is 0. The van der Waals surface area contributed by atoms with Gasteiger partial charge in [-0.2, -0.15) is 0 Å². The molecule has 3 nitrogen and oxygen atoms in total. The number of phenolic OH excluding ortho intramolecular Hbond substituents is 1. The first-order valence-electron chi connectivity index (χ1n) is 10.9. The topological polar surface area (TPSA) is 57.5 Å². The summed E-state index contributed by atoms with van der Waals surface area (Å²) in [6.45, 7) is 16.4. The van der Waals surface area contributed by atoms with Crippen molar-refractivity contribution in [3.05, 3.63) is 28.8 Å². The van der Waals surface area contributed by atoms with Gasteiger partial charge in [0, 0.05) is 0 Å². The van der Waals surface area contributed by atoms with Crippen LogP contribution in [0.25, 0.3) is 0 Å². The molecule has 0 spiro atoms. The predicted molar refractivity (Wildman–Crippen MR) is 118 cm³/mol. The van der Waals surface area contributed by atoms with Crippen molar-refractivity contribution in [1.82, 2.24) is 0 Å². The van der Waals surface area contributed by atoms with Crippen LogP contribution in [-0.2, 0) is 21.0 Å². The molecular weight excluding hydrogens is 348 g/mol. The molecule has 1 aromatic carbocycles. The molecule has 0 aliphatic rings. The van der Waals surface area contributed by atoms with Crippen molar-refractivity contribution in [2.24, 2.45) is 0 Å². The lowest BCUT2D eigenvalue weighted by atomic mass is 9.72. The van der Waals surface area contributed by atoms with E-state index >= 15 is 0 Å². The first-order valence-corrected chi connectivity index (χ1v) is 10.9. The highest BCUT2D eigenvalue weighted by Crippen LogP contribution is 2.43. The van der Waals surface area contributed by atoms with E-state index in [1.165, 1.54) is 25.7 Å². The van der Waals surface area contributed by atoms with Crippen LogP contribution in [0.1, 0.15) is 117 Å². The van der Waals surface area contributed by atoms with Gasteiger partial charge in [0.05, 0.1) is 5.41 Å². The van der Waals surface area contributed by atoms with Crippen LogP contribution in [0.15, 0.2) is 12.1 Å². The zero-order valence-corrected chi connectivity index (χ0v) is 19.4. The Morgan fingerprint density at radius 2 is 1.25 bits per heavy atom. The van der Waals surface area contributed by atoms with Crippen molar-refractivity contribution < 1.29 is 15.0 Å². The fourth-order valence-electron chi connectivity index (χ4n) is 3.73. The molecule has 1 aromatic rings. The number of benzene rings is 1. The molecule has 1 atom stereocenters. The third-order valence-electron chi connectivity index (χ3n) is 5.87. The lowest BCUT2D eigenvalue weighted by Crippen LogP contribution is -2.33. The average molecular weight is 391 g/mol. The highest BCUT2D eigenvalue weighted by atomic mass is 16.4. The molecule has 0 amide bonds. The summed E-state index contributed by atoms with van der Waals surface area (Å²) in [5, 5.41) is 21.1. The standard InChI is InChI=1S/C25H42O3/c1-9-10-11-12-13-14-15-25(8,22(27)28)18-16-19(23(2,3)4)21(26)20(17-18)24(5,6)7/h16-17,26H,9-15H2,1-8H3,(H,27,28). The Kier molecular flexibility index (Phi) is 8.17. The fourth-order valence-corrected chi connectivity index (χ4v) is 3.73. The maximum Gasteiger partial charge on any atom is 0.313 e. The van der Waals surface area contributed by atoms with Crippen LogP contribution in [0.3, 0.4) is 0 Å². The Morgan fingerprint density at radius 3 is 1.64 bits per heavy atom. The largest absolute Gasteiger partial charge is 0.507 e. The van der Waals surface area contributed by atoms with Crippen molar-refractivity contribution in [3.63, 3.8) is 0 Å². The third-order valence-corrected chi connectivity index (χ3v) is 5.87. The SMILES string of the molecule is CCCCCCCCC(C)(C(=O)O)c1cc(C(C)(C)C)c(O)c(C(C)(C)C)c1. The smallest absolute Gasteiger partial charge is 0.313 e. The molecular formula is C25H42O3. The minimum absolute atomic E-state index is 0.264. The molecule has 0 aromatic heterocycles. The quantitative estimate of drug-likeness (QED) is 0.443. The second-order valence-electron chi connectivity index (χ2n) is 10.6. The molecule has 1 rings (SSSR count). The van der Waals surface area contributed by atoms with Gasteiger partial charge in [-0.15, -0.1) is 0 Å². The van der Waals surface area contributed by atoms with Crippen LogP contribution in [0.5, 0.6) is 5.75 Å². The molecule has 0 aliphatic heterocycles. The minimum atomic E-state index is -0.946. The van der Waals surface area contributed by atoms with Crippen molar-refractivity contribution in [2.75, 3.05) is 0 Å². The molecule has 0 saturated heterocycles. The number of hydrogen-bond donors (Lipinski definition) is 2. The van der Waals surface area contributed by atoms with E-state index in [2.05, 4.69) is 48.5 Å². The first-order chi connectivity index (χ1) is 12.7. The lowest BCUT2D eigenvalue weighted by Gasteiger charge is -2.32. The summed E-state index contributed by atoms with van der Waals surface area (Å²) in [7, 11) is 0. The van der Waals surface area contributed by atoms with Gasteiger partial charge in [0.25, 0.3) is 0 Å². The number of aliphatic carboxylic acids is 1. The number of rotatable bonds is 9. The first kappa shape index (κ1) is 24.5. The van der Waals surface area contributed by atoms with Crippen molar-refractivity contribution in [3.8, 4) is 5.75 Å². The number of carbonyl (C=O) groups is 1. The number of unbranched alkanes of at least 4 members (excludes halogenated alkanes) is 5. The predicted octanol–water partition coefficient (Wildman–Crippen LogP) is 7.08. The third kappa shape index (κ3) is 5.99. The van der Waals surface area contributed by atoms with Crippen LogP contribution in [-0.4, -0.2) is 16.2 Å². The molecule has 2 N–H and O–H groups in total. The van der Waals surface area contributed by atoms with Gasteiger partial charge >= 0.3 is 5.97 Å². The zero-order chi connectivity index (χ0) is 21.8. The zero-order valence-electron chi connectivity index (χ0n) is 19.4. The van der Waals surface area contributed by atoms with Gasteiger partial charge in [0.2, 0.25) is 0 Å². The molecule has 3 heteroatoms. The van der Waals surface area contributed by atoms with E-state index in [0.29, 0.717) is 12.2 Å². The Bertz CT molecular complexity index is 626. The Morgan fingerprint density at radius 1 is 0.821 bits per heavy atom. The summed E-state index contributed by atoms with van der Waals surface area (Å²) in [5.74, 6) is -0.484. The second kappa shape index (κ2) is 9.33. The van der Waals surface area contributed by atoms with Gasteiger partial charge in [-0.25, -0.2) is 0 Å². The maximum absolute atomic E-state index is 12.3. The molecule has 0 aliphatic carbocycles. The summed E-state index contributed by atoms with van der Waals surface area (Å²) in [4.78, 5) is 12.3. The average Bonchev–Trinajstić information content (AvgIpc) is 2.55. The van der Waals surface area contributed by atoms with Gasteiger partial charge in [-0.3, -0.25) is 4.79 Å². The molecule has 28 heavy (non-hydrogen) atoms. The van der Waals surface area contributed by atoms with Crippen LogP contribution in [0.4, 0.5) is 0 Å². The highest BCUT2D eigenvalue weighted by molar-refractivity contribution is 5.81. The Hall–Kier alpha value is -1.51. The summed E-state index contributed by atoms with van der Waals surface area (Å²) in [6.07, 6.45) is 7.44. The number of aromatic hydroxyl groups is 1. The van der Waals surface area contributed by atoms with E-state index in [9.17, 15) is 15.0 Å². The van der Waals surface area contributed by atoms with E-state index in [1.807, 2.05) is 19.1 Å². The van der Waals surface area contributed by atoms with Gasteiger partial charge in [-0.1, -0.05) is 99.1 Å². The molecule has 0 radical (unpaired) electrons. The molecule has 0 bridgehead atoms. The fraction of sp³-hybridized carbons (Fsp3) is 0.720. The summed E-state index contributed by atoms with van der Waals surface area (Å²) in [5.41, 5.74) is 0.981. The monoisotopic (exact) mass is 390 g/mol. The van der Waals surface area contributed by atoms with Crippen LogP contribution in [0.2, 0.25) is 0 Å². The van der Waals surface area contributed by atoms with Crippen molar-refractivity contribution in [2.45, 2.75) is 117 Å². The van der Waals surface area contributed by atoms with Crippen LogP contribution in [0, 0.1) is 0 Å². The number of phenols is 1. The molecule has 0 saturated carbocycles. The van der Waals surface area contributed by atoms with Gasteiger partial charge in [0.15, 0.2) is 0 Å². The van der Waals surface area contributed by atoms with Gasteiger partial charge in [-0.05, 0) is 40.9 Å². The highest BCUT2D eigenvalue weighted by Gasteiger charge is 2.37. The Labute approximate surface area is 172 Å². The van der Waals surface area contributed by atoms with Gasteiger partial charge < -0.3 is 10.2 Å². The van der Waals surface area contributed by atoms with E-state index in [4.69, 9.17) is 0 Å². The van der Waals surface area contributed by atoms with Crippen molar-refractivity contribution >= 4 is 5.97 Å². The van der Waals surface area contributed by atoms with E-state index in [-0.39, 0.29) is 10.8 Å². The normalized spacial score (nSPS) is 14.7. The number of carboxylic acid groups (broad SMARTS) is 1. The molecule has 0 heterocycles. The van der Waals surface area contributed by atoms with E-state index in [1.54, 1.807) is 0 Å². The molecule has 160 valence electrons. The maximum atomic E-state index is 12.3. The lowest BCUT2D eigenvalue weighted by molar-refractivity contribution is -0.143. The molecule has 1 unspecified atom stereocenters. The van der Waals surface area contributed by atoms with Crippen molar-refractivity contribution in [1.29, 1.82) is 0 Å². The minimum Gasteiger partial charge on any atom is -0.507 e. The number of carboxylic acids is 1.